The molecule has 0 bridgehead atoms. The second-order valence-electron chi connectivity index (χ2n) is 3.69. The van der Waals surface area contributed by atoms with Gasteiger partial charge in [0.05, 0.1) is 0 Å². The van der Waals surface area contributed by atoms with Gasteiger partial charge in [0.1, 0.15) is 0 Å². The van der Waals surface area contributed by atoms with E-state index in [0.29, 0.717) is 0 Å². The monoisotopic (exact) mass is 286 g/mol. The number of benzene rings is 2. The SMILES string of the molecule is [O-][S+](c1ccccc1)c1ccccc1.c1ccsc1. The Kier molecular flexibility index (Phi) is 5.69. The smallest absolute Gasteiger partial charge is 0.158 e. The van der Waals surface area contributed by atoms with Crippen LogP contribution in [0.5, 0.6) is 0 Å². The minimum atomic E-state index is -1.05. The van der Waals surface area contributed by atoms with Gasteiger partial charge in [0.15, 0.2) is 9.79 Å². The van der Waals surface area contributed by atoms with Crippen molar-refractivity contribution in [3.8, 4) is 0 Å². The van der Waals surface area contributed by atoms with Crippen LogP contribution >= 0.6 is 11.3 Å². The Morgan fingerprint density at radius 3 is 1.37 bits per heavy atom. The molecule has 2 aromatic carbocycles. The van der Waals surface area contributed by atoms with E-state index in [1.165, 1.54) is 0 Å². The van der Waals surface area contributed by atoms with Gasteiger partial charge in [0.25, 0.3) is 0 Å². The standard InChI is InChI=1S/C12H10OS.C4H4S/c13-14(11-7-3-1-4-8-11)12-9-5-2-6-10-12;1-2-4-5-3-1/h1-10H;1-4H. The van der Waals surface area contributed by atoms with E-state index in [4.69, 9.17) is 0 Å². The summed E-state index contributed by atoms with van der Waals surface area (Å²) in [5, 5.41) is 4.08. The molecule has 0 atom stereocenters. The van der Waals surface area contributed by atoms with E-state index < -0.39 is 11.2 Å². The summed E-state index contributed by atoms with van der Waals surface area (Å²) in [6.45, 7) is 0. The summed E-state index contributed by atoms with van der Waals surface area (Å²) in [5.74, 6) is 0. The molecule has 0 N–H and O–H groups in total. The highest BCUT2D eigenvalue weighted by molar-refractivity contribution is 7.91. The predicted octanol–water partition coefficient (Wildman–Crippen LogP) is 4.60. The molecule has 0 saturated carbocycles. The topological polar surface area (TPSA) is 23.1 Å². The first-order valence-electron chi connectivity index (χ1n) is 5.87. The van der Waals surface area contributed by atoms with Crippen molar-refractivity contribution in [3.63, 3.8) is 0 Å². The molecular weight excluding hydrogens is 272 g/mol. The van der Waals surface area contributed by atoms with E-state index in [0.717, 1.165) is 9.79 Å². The summed E-state index contributed by atoms with van der Waals surface area (Å²) < 4.78 is 12.0. The third kappa shape index (κ3) is 4.56. The third-order valence-electron chi connectivity index (χ3n) is 2.34. The fraction of sp³-hybridized carbons (Fsp3) is 0. The zero-order chi connectivity index (χ0) is 13.3. The molecule has 0 aliphatic carbocycles. The first kappa shape index (κ1) is 13.9. The van der Waals surface area contributed by atoms with Crippen LogP contribution in [0.25, 0.3) is 0 Å². The second-order valence-corrected chi connectivity index (χ2v) is 5.98. The number of rotatable bonds is 2. The summed E-state index contributed by atoms with van der Waals surface area (Å²) >= 11 is 0.666. The molecule has 19 heavy (non-hydrogen) atoms. The van der Waals surface area contributed by atoms with Crippen LogP contribution in [-0.4, -0.2) is 4.55 Å². The maximum Gasteiger partial charge on any atom is 0.158 e. The van der Waals surface area contributed by atoms with E-state index in [1.807, 2.05) is 83.6 Å². The van der Waals surface area contributed by atoms with Crippen LogP contribution in [0.1, 0.15) is 0 Å². The molecule has 0 aliphatic heterocycles. The van der Waals surface area contributed by atoms with E-state index in [2.05, 4.69) is 0 Å². The molecule has 0 spiro atoms. The highest BCUT2D eigenvalue weighted by Crippen LogP contribution is 2.19. The maximum atomic E-state index is 12.0. The fourth-order valence-electron chi connectivity index (χ4n) is 1.45. The Labute approximate surface area is 120 Å². The minimum Gasteiger partial charge on any atom is -0.606 e. The van der Waals surface area contributed by atoms with Gasteiger partial charge in [0.2, 0.25) is 0 Å². The van der Waals surface area contributed by atoms with Crippen molar-refractivity contribution in [3.05, 3.63) is 83.6 Å². The second kappa shape index (κ2) is 7.79. The predicted molar refractivity (Wildman–Crippen MR) is 81.9 cm³/mol. The molecule has 0 fully saturated rings. The summed E-state index contributed by atoms with van der Waals surface area (Å²) in [4.78, 5) is 1.69. The molecule has 3 heteroatoms. The van der Waals surface area contributed by atoms with Gasteiger partial charge < -0.3 is 4.55 Å². The van der Waals surface area contributed by atoms with Gasteiger partial charge >= 0.3 is 0 Å². The Hall–Kier alpha value is -1.55. The Balaban J connectivity index is 0.000000224. The molecule has 0 amide bonds. The molecule has 0 unspecified atom stereocenters. The van der Waals surface area contributed by atoms with Gasteiger partial charge in [-0.1, -0.05) is 48.5 Å². The normalized spacial score (nSPS) is 9.79. The van der Waals surface area contributed by atoms with Gasteiger partial charge in [0, 0.05) is 11.2 Å². The molecular formula is C16H14OS2. The molecule has 96 valence electrons. The van der Waals surface area contributed by atoms with Gasteiger partial charge in [-0.15, -0.1) is 0 Å². The highest BCUT2D eigenvalue weighted by Gasteiger charge is 2.12. The van der Waals surface area contributed by atoms with Crippen LogP contribution in [0.15, 0.2) is 93.3 Å². The molecule has 1 heterocycles. The van der Waals surface area contributed by atoms with Gasteiger partial charge in [-0.05, 0) is 35.0 Å². The van der Waals surface area contributed by atoms with Crippen LogP contribution in [0.4, 0.5) is 0 Å². The average Bonchev–Trinajstić information content (AvgIpc) is 3.08. The summed E-state index contributed by atoms with van der Waals surface area (Å²) in [6, 6.07) is 23.0. The molecule has 0 aliphatic rings. The quantitative estimate of drug-likeness (QED) is 0.631. The number of hydrogen-bond donors (Lipinski definition) is 0. The number of hydrogen-bond acceptors (Lipinski definition) is 2. The lowest BCUT2D eigenvalue weighted by atomic mass is 10.4. The van der Waals surface area contributed by atoms with Crippen LogP contribution in [0, 0.1) is 0 Å². The zero-order valence-corrected chi connectivity index (χ0v) is 11.9. The van der Waals surface area contributed by atoms with Gasteiger partial charge in [-0.25, -0.2) is 0 Å². The van der Waals surface area contributed by atoms with Crippen molar-refractivity contribution >= 4 is 22.5 Å². The Morgan fingerprint density at radius 2 is 1.05 bits per heavy atom. The molecule has 1 aromatic heterocycles. The summed E-state index contributed by atoms with van der Waals surface area (Å²) in [5.41, 5.74) is 0. The van der Waals surface area contributed by atoms with Crippen LogP contribution < -0.4 is 0 Å². The third-order valence-corrected chi connectivity index (χ3v) is 4.37. The van der Waals surface area contributed by atoms with Crippen LogP contribution in [-0.2, 0) is 11.2 Å². The molecule has 0 radical (unpaired) electrons. The van der Waals surface area contributed by atoms with Crippen LogP contribution in [0.3, 0.4) is 0 Å². The first-order chi connectivity index (χ1) is 9.38. The zero-order valence-electron chi connectivity index (χ0n) is 10.3. The first-order valence-corrected chi connectivity index (χ1v) is 7.96. The van der Waals surface area contributed by atoms with E-state index >= 15 is 0 Å². The highest BCUT2D eigenvalue weighted by atomic mass is 32.2. The molecule has 3 aromatic rings. The maximum absolute atomic E-state index is 12.0. The van der Waals surface area contributed by atoms with E-state index in [1.54, 1.807) is 11.3 Å². The summed E-state index contributed by atoms with van der Waals surface area (Å²) in [7, 11) is 0. The minimum absolute atomic E-state index is 0.846. The lowest BCUT2D eigenvalue weighted by molar-refractivity contribution is 0.595. The average molecular weight is 286 g/mol. The van der Waals surface area contributed by atoms with E-state index in [-0.39, 0.29) is 0 Å². The van der Waals surface area contributed by atoms with Crippen molar-refractivity contribution in [2.24, 2.45) is 0 Å². The number of thiophene rings is 1. The van der Waals surface area contributed by atoms with E-state index in [9.17, 15) is 4.55 Å². The van der Waals surface area contributed by atoms with Crippen molar-refractivity contribution in [2.45, 2.75) is 9.79 Å². The molecule has 1 nitrogen and oxygen atoms in total. The molecule has 0 saturated heterocycles. The molecule has 3 rings (SSSR count). The summed E-state index contributed by atoms with van der Waals surface area (Å²) in [6.07, 6.45) is 0. The van der Waals surface area contributed by atoms with Gasteiger partial charge in [-0.2, -0.15) is 11.3 Å². The lowest BCUT2D eigenvalue weighted by Gasteiger charge is -2.08. The van der Waals surface area contributed by atoms with Crippen molar-refractivity contribution < 1.29 is 4.55 Å². The van der Waals surface area contributed by atoms with Crippen LogP contribution in [0.2, 0.25) is 0 Å². The Morgan fingerprint density at radius 1 is 0.632 bits per heavy atom. The van der Waals surface area contributed by atoms with Crippen molar-refractivity contribution in [1.29, 1.82) is 0 Å². The van der Waals surface area contributed by atoms with Gasteiger partial charge in [-0.3, -0.25) is 0 Å². The van der Waals surface area contributed by atoms with Crippen molar-refractivity contribution in [2.75, 3.05) is 0 Å². The lowest BCUT2D eigenvalue weighted by Crippen LogP contribution is -2.00. The fourth-order valence-corrected chi connectivity index (χ4v) is 2.99. The largest absolute Gasteiger partial charge is 0.606 e. The van der Waals surface area contributed by atoms with Crippen molar-refractivity contribution in [1.82, 2.24) is 0 Å². The Bertz CT molecular complexity index is 493.